The van der Waals surface area contributed by atoms with Crippen molar-refractivity contribution in [3.63, 3.8) is 0 Å². The standard InChI is InChI=1S/C18H18BrNO3/c1-22-16-10-13(14(19)11-17(16)23-2)18(21)20-9-5-7-12-6-3-4-8-15(12)20/h3-4,6,8,10-11H,5,7,9H2,1-2H3. The molecule has 0 bridgehead atoms. The lowest BCUT2D eigenvalue weighted by molar-refractivity contribution is 0.0984. The summed E-state index contributed by atoms with van der Waals surface area (Å²) in [6.45, 7) is 0.719. The van der Waals surface area contributed by atoms with E-state index >= 15 is 0 Å². The zero-order chi connectivity index (χ0) is 16.4. The Hall–Kier alpha value is -2.01. The summed E-state index contributed by atoms with van der Waals surface area (Å²) >= 11 is 3.48. The molecule has 0 aliphatic carbocycles. The predicted molar refractivity (Wildman–Crippen MR) is 93.7 cm³/mol. The fraction of sp³-hybridized carbons (Fsp3) is 0.278. The van der Waals surface area contributed by atoms with E-state index in [2.05, 4.69) is 22.0 Å². The molecule has 0 fully saturated rings. The summed E-state index contributed by atoms with van der Waals surface area (Å²) in [4.78, 5) is 14.9. The molecule has 4 nitrogen and oxygen atoms in total. The molecule has 3 rings (SSSR count). The number of methoxy groups -OCH3 is 2. The zero-order valence-electron chi connectivity index (χ0n) is 13.1. The summed E-state index contributed by atoms with van der Waals surface area (Å²) in [5.74, 6) is 1.10. The Kier molecular flexibility index (Phi) is 4.57. The minimum absolute atomic E-state index is 0.0371. The zero-order valence-corrected chi connectivity index (χ0v) is 14.7. The Balaban J connectivity index is 2.02. The van der Waals surface area contributed by atoms with E-state index in [9.17, 15) is 4.79 Å². The highest BCUT2D eigenvalue weighted by Gasteiger charge is 2.25. The molecule has 1 aliphatic heterocycles. The Morgan fingerprint density at radius 2 is 1.83 bits per heavy atom. The van der Waals surface area contributed by atoms with Gasteiger partial charge in [-0.2, -0.15) is 0 Å². The van der Waals surface area contributed by atoms with Crippen molar-refractivity contribution in [2.75, 3.05) is 25.7 Å². The summed E-state index contributed by atoms with van der Waals surface area (Å²) < 4.78 is 11.3. The van der Waals surface area contributed by atoms with Crippen LogP contribution in [0.3, 0.4) is 0 Å². The van der Waals surface area contributed by atoms with Crippen molar-refractivity contribution in [1.29, 1.82) is 0 Å². The van der Waals surface area contributed by atoms with Gasteiger partial charge in [-0.25, -0.2) is 0 Å². The maximum atomic E-state index is 13.1. The van der Waals surface area contributed by atoms with E-state index in [1.54, 1.807) is 26.4 Å². The smallest absolute Gasteiger partial charge is 0.259 e. The molecule has 1 amide bonds. The van der Waals surface area contributed by atoms with Gasteiger partial charge >= 0.3 is 0 Å². The second kappa shape index (κ2) is 6.62. The maximum absolute atomic E-state index is 13.1. The number of rotatable bonds is 3. The summed E-state index contributed by atoms with van der Waals surface area (Å²) in [7, 11) is 3.14. The average molecular weight is 376 g/mol. The summed E-state index contributed by atoms with van der Waals surface area (Å²) in [5.41, 5.74) is 2.77. The molecule has 120 valence electrons. The third-order valence-electron chi connectivity index (χ3n) is 4.06. The molecule has 23 heavy (non-hydrogen) atoms. The Labute approximate surface area is 144 Å². The number of amides is 1. The van der Waals surface area contributed by atoms with Crippen LogP contribution in [0.25, 0.3) is 0 Å². The van der Waals surface area contributed by atoms with Crippen molar-refractivity contribution in [3.05, 3.63) is 52.0 Å². The van der Waals surface area contributed by atoms with E-state index in [1.165, 1.54) is 5.56 Å². The third kappa shape index (κ3) is 2.93. The lowest BCUT2D eigenvalue weighted by Crippen LogP contribution is -2.35. The van der Waals surface area contributed by atoms with Crippen molar-refractivity contribution in [1.82, 2.24) is 0 Å². The number of hydrogen-bond acceptors (Lipinski definition) is 3. The predicted octanol–water partition coefficient (Wildman–Crippen LogP) is 4.06. The molecule has 2 aromatic carbocycles. The minimum atomic E-state index is -0.0371. The molecule has 0 N–H and O–H groups in total. The van der Waals surface area contributed by atoms with Crippen LogP contribution in [-0.4, -0.2) is 26.7 Å². The number of nitrogens with zero attached hydrogens (tertiary/aromatic N) is 1. The van der Waals surface area contributed by atoms with Crippen molar-refractivity contribution in [3.8, 4) is 11.5 Å². The average Bonchev–Trinajstić information content (AvgIpc) is 2.60. The van der Waals surface area contributed by atoms with E-state index in [0.717, 1.165) is 25.1 Å². The van der Waals surface area contributed by atoms with E-state index in [1.807, 2.05) is 23.1 Å². The topological polar surface area (TPSA) is 38.8 Å². The second-order valence-corrected chi connectivity index (χ2v) is 6.23. The molecule has 1 heterocycles. The Morgan fingerprint density at radius 1 is 1.13 bits per heavy atom. The van der Waals surface area contributed by atoms with Gasteiger partial charge in [0.2, 0.25) is 0 Å². The van der Waals surface area contributed by atoms with Crippen LogP contribution < -0.4 is 14.4 Å². The molecule has 2 aromatic rings. The van der Waals surface area contributed by atoms with Gasteiger partial charge in [0.05, 0.1) is 19.8 Å². The van der Waals surface area contributed by atoms with Crippen molar-refractivity contribution in [2.24, 2.45) is 0 Å². The molecule has 0 spiro atoms. The molecule has 5 heteroatoms. The summed E-state index contributed by atoms with van der Waals surface area (Å²) in [6, 6.07) is 11.6. The quantitative estimate of drug-likeness (QED) is 0.811. The van der Waals surface area contributed by atoms with Crippen molar-refractivity contribution < 1.29 is 14.3 Å². The second-order valence-electron chi connectivity index (χ2n) is 5.38. The number of ether oxygens (including phenoxy) is 2. The van der Waals surface area contributed by atoms with Crippen LogP contribution in [0, 0.1) is 0 Å². The van der Waals surface area contributed by atoms with Gasteiger partial charge in [0.25, 0.3) is 5.91 Å². The van der Waals surface area contributed by atoms with Crippen LogP contribution in [0.15, 0.2) is 40.9 Å². The SMILES string of the molecule is COc1cc(Br)c(C(=O)N2CCCc3ccccc32)cc1OC. The highest BCUT2D eigenvalue weighted by Crippen LogP contribution is 2.35. The maximum Gasteiger partial charge on any atom is 0.259 e. The first kappa shape index (κ1) is 15.9. The number of benzene rings is 2. The van der Waals surface area contributed by atoms with E-state index in [4.69, 9.17) is 9.47 Å². The van der Waals surface area contributed by atoms with Gasteiger partial charge in [0.15, 0.2) is 11.5 Å². The van der Waals surface area contributed by atoms with Crippen LogP contribution in [0.5, 0.6) is 11.5 Å². The fourth-order valence-corrected chi connectivity index (χ4v) is 3.40. The number of fused-ring (bicyclic) bond motifs is 1. The van der Waals surface area contributed by atoms with E-state index < -0.39 is 0 Å². The molecule has 0 aromatic heterocycles. The molecule has 0 saturated carbocycles. The number of para-hydroxylation sites is 1. The number of aryl methyl sites for hydroxylation is 1. The first-order valence-electron chi connectivity index (χ1n) is 7.47. The van der Waals surface area contributed by atoms with Gasteiger partial charge in [-0.3, -0.25) is 4.79 Å². The van der Waals surface area contributed by atoms with Gasteiger partial charge in [-0.15, -0.1) is 0 Å². The van der Waals surface area contributed by atoms with Gasteiger partial charge in [0, 0.05) is 16.7 Å². The van der Waals surface area contributed by atoms with Crippen LogP contribution in [-0.2, 0) is 6.42 Å². The number of carbonyl (C=O) groups excluding carboxylic acids is 1. The number of anilines is 1. The lowest BCUT2D eigenvalue weighted by Gasteiger charge is -2.30. The number of halogens is 1. The Morgan fingerprint density at radius 3 is 2.57 bits per heavy atom. The summed E-state index contributed by atoms with van der Waals surface area (Å²) in [5, 5.41) is 0. The largest absolute Gasteiger partial charge is 0.493 e. The van der Waals surface area contributed by atoms with Gasteiger partial charge in [-0.05, 0) is 52.5 Å². The third-order valence-corrected chi connectivity index (χ3v) is 4.72. The van der Waals surface area contributed by atoms with Gasteiger partial charge in [0.1, 0.15) is 0 Å². The monoisotopic (exact) mass is 375 g/mol. The molecule has 0 saturated heterocycles. The molecule has 0 unspecified atom stereocenters. The van der Waals surface area contributed by atoms with Crippen molar-refractivity contribution >= 4 is 27.5 Å². The van der Waals surface area contributed by atoms with E-state index in [0.29, 0.717) is 21.5 Å². The molecule has 1 aliphatic rings. The molecule has 0 radical (unpaired) electrons. The number of hydrogen-bond donors (Lipinski definition) is 0. The summed E-state index contributed by atoms with van der Waals surface area (Å²) in [6.07, 6.45) is 1.97. The number of carbonyl (C=O) groups is 1. The van der Waals surface area contributed by atoms with Gasteiger partial charge in [-0.1, -0.05) is 18.2 Å². The van der Waals surface area contributed by atoms with Crippen molar-refractivity contribution in [2.45, 2.75) is 12.8 Å². The first-order valence-corrected chi connectivity index (χ1v) is 8.26. The normalized spacial score (nSPS) is 13.4. The molecular weight excluding hydrogens is 358 g/mol. The lowest BCUT2D eigenvalue weighted by atomic mass is 10.0. The highest BCUT2D eigenvalue weighted by atomic mass is 79.9. The fourth-order valence-electron chi connectivity index (χ4n) is 2.91. The van der Waals surface area contributed by atoms with Crippen LogP contribution >= 0.6 is 15.9 Å². The van der Waals surface area contributed by atoms with E-state index in [-0.39, 0.29) is 5.91 Å². The van der Waals surface area contributed by atoms with Gasteiger partial charge < -0.3 is 14.4 Å². The van der Waals surface area contributed by atoms with Crippen LogP contribution in [0.1, 0.15) is 22.3 Å². The van der Waals surface area contributed by atoms with Crippen LogP contribution in [0.2, 0.25) is 0 Å². The molecule has 0 atom stereocenters. The Bertz CT molecular complexity index is 745. The molecular formula is C18H18BrNO3. The highest BCUT2D eigenvalue weighted by molar-refractivity contribution is 9.10. The first-order chi connectivity index (χ1) is 11.2. The van der Waals surface area contributed by atoms with Crippen LogP contribution in [0.4, 0.5) is 5.69 Å². The minimum Gasteiger partial charge on any atom is -0.493 e.